The molecule has 0 aliphatic carbocycles. The number of anilines is 2. The molecule has 0 amide bonds. The first kappa shape index (κ1) is 12.4. The number of hydrogen-bond donors (Lipinski definition) is 1. The number of hydrogen-bond acceptors (Lipinski definition) is 4. The molecule has 1 aliphatic rings. The molecule has 4 nitrogen and oxygen atoms in total. The third kappa shape index (κ3) is 1.98. The molecule has 0 spiro atoms. The summed E-state index contributed by atoms with van der Waals surface area (Å²) < 4.78 is 0. The van der Waals surface area contributed by atoms with Crippen molar-refractivity contribution in [3.63, 3.8) is 0 Å². The average molecular weight is 278 g/mol. The molecule has 2 N–H and O–H groups in total. The lowest BCUT2D eigenvalue weighted by molar-refractivity contribution is 0.949. The van der Waals surface area contributed by atoms with Gasteiger partial charge in [-0.05, 0) is 37.5 Å². The predicted octanol–water partition coefficient (Wildman–Crippen LogP) is 3.27. The van der Waals surface area contributed by atoms with Gasteiger partial charge in [0.25, 0.3) is 0 Å². The first-order valence-corrected chi connectivity index (χ1v) is 7.43. The molecule has 1 aromatic carbocycles. The van der Waals surface area contributed by atoms with Crippen molar-refractivity contribution in [1.82, 2.24) is 9.97 Å². The summed E-state index contributed by atoms with van der Waals surface area (Å²) in [6.45, 7) is 4.30. The third-order valence-electron chi connectivity index (χ3n) is 4.27. The van der Waals surface area contributed by atoms with Crippen molar-refractivity contribution < 1.29 is 0 Å². The Morgan fingerprint density at radius 2 is 1.90 bits per heavy atom. The molecule has 0 unspecified atom stereocenters. The van der Waals surface area contributed by atoms with Gasteiger partial charge in [0.15, 0.2) is 5.82 Å². The average Bonchev–Trinajstić information content (AvgIpc) is 3.01. The largest absolute Gasteiger partial charge is 0.382 e. The monoisotopic (exact) mass is 278 g/mol. The van der Waals surface area contributed by atoms with Crippen molar-refractivity contribution in [2.24, 2.45) is 0 Å². The fourth-order valence-corrected chi connectivity index (χ4v) is 3.16. The molecular formula is C17H18N4. The van der Waals surface area contributed by atoms with E-state index in [-0.39, 0.29) is 0 Å². The Balaban J connectivity index is 2.01. The van der Waals surface area contributed by atoms with Crippen LogP contribution in [-0.4, -0.2) is 23.1 Å². The van der Waals surface area contributed by atoms with Crippen LogP contribution in [0, 0.1) is 6.92 Å². The zero-order valence-electron chi connectivity index (χ0n) is 12.1. The highest BCUT2D eigenvalue weighted by atomic mass is 15.1. The number of aryl methyl sites for hydroxylation is 1. The number of nitrogen functional groups attached to an aromatic ring is 1. The lowest BCUT2D eigenvalue weighted by atomic mass is 10.1. The summed E-state index contributed by atoms with van der Waals surface area (Å²) in [6.07, 6.45) is 4.44. The van der Waals surface area contributed by atoms with Crippen molar-refractivity contribution in [2.75, 3.05) is 23.7 Å². The Labute approximate surface area is 123 Å². The zero-order chi connectivity index (χ0) is 14.4. The van der Waals surface area contributed by atoms with E-state index in [9.17, 15) is 0 Å². The fraction of sp³-hybridized carbons (Fsp3) is 0.294. The van der Waals surface area contributed by atoms with Crippen LogP contribution < -0.4 is 10.6 Å². The lowest BCUT2D eigenvalue weighted by Gasteiger charge is -2.18. The van der Waals surface area contributed by atoms with Crippen LogP contribution in [0.3, 0.4) is 0 Å². The van der Waals surface area contributed by atoms with Gasteiger partial charge in [-0.15, -0.1) is 0 Å². The summed E-state index contributed by atoms with van der Waals surface area (Å²) in [5.74, 6) is 0.510. The second kappa shape index (κ2) is 4.58. The minimum Gasteiger partial charge on any atom is -0.382 e. The van der Waals surface area contributed by atoms with E-state index < -0.39 is 0 Å². The third-order valence-corrected chi connectivity index (χ3v) is 4.27. The Hall–Kier alpha value is -2.36. The maximum absolute atomic E-state index is 6.09. The number of aromatic nitrogens is 2. The van der Waals surface area contributed by atoms with E-state index in [0.29, 0.717) is 5.82 Å². The van der Waals surface area contributed by atoms with Crippen LogP contribution in [0.25, 0.3) is 21.8 Å². The molecule has 2 aromatic heterocycles. The van der Waals surface area contributed by atoms with Gasteiger partial charge in [-0.25, -0.2) is 4.98 Å². The van der Waals surface area contributed by atoms with E-state index in [1.807, 2.05) is 6.20 Å². The molecule has 1 fully saturated rings. The Morgan fingerprint density at radius 3 is 2.71 bits per heavy atom. The summed E-state index contributed by atoms with van der Waals surface area (Å²) in [5, 5.41) is 2.22. The van der Waals surface area contributed by atoms with Crippen LogP contribution >= 0.6 is 0 Å². The van der Waals surface area contributed by atoms with Gasteiger partial charge in [0.05, 0.1) is 17.4 Å². The smallest absolute Gasteiger partial charge is 0.150 e. The van der Waals surface area contributed by atoms with E-state index >= 15 is 0 Å². The first-order valence-electron chi connectivity index (χ1n) is 7.43. The van der Waals surface area contributed by atoms with Gasteiger partial charge in [-0.2, -0.15) is 0 Å². The zero-order valence-corrected chi connectivity index (χ0v) is 12.1. The van der Waals surface area contributed by atoms with Crippen molar-refractivity contribution in [2.45, 2.75) is 19.8 Å². The van der Waals surface area contributed by atoms with Gasteiger partial charge in [0.2, 0.25) is 0 Å². The Morgan fingerprint density at radius 1 is 1.10 bits per heavy atom. The van der Waals surface area contributed by atoms with Crippen molar-refractivity contribution in [1.29, 1.82) is 0 Å². The standard InChI is InChI=1S/C17H18N4/c1-11-4-5-13-14-9-12(21-6-2-3-7-21)10-19-16(14)17(18)20-15(13)8-11/h4-5,8-10H,2-3,6-7H2,1H3,(H2,18,20). The van der Waals surface area contributed by atoms with Crippen LogP contribution in [0.4, 0.5) is 11.5 Å². The Kier molecular flexibility index (Phi) is 2.70. The lowest BCUT2D eigenvalue weighted by Crippen LogP contribution is -2.17. The number of nitrogens with zero attached hydrogens (tertiary/aromatic N) is 3. The summed E-state index contributed by atoms with van der Waals surface area (Å²) in [6, 6.07) is 8.52. The van der Waals surface area contributed by atoms with E-state index in [4.69, 9.17) is 5.73 Å². The van der Waals surface area contributed by atoms with Gasteiger partial charge in [-0.3, -0.25) is 4.98 Å². The molecule has 1 saturated heterocycles. The molecule has 3 aromatic rings. The molecule has 0 saturated carbocycles. The number of nitrogens with two attached hydrogens (primary N) is 1. The summed E-state index contributed by atoms with van der Waals surface area (Å²) >= 11 is 0. The Bertz CT molecular complexity index is 835. The van der Waals surface area contributed by atoms with Crippen molar-refractivity contribution in [3.05, 3.63) is 36.0 Å². The second-order valence-electron chi connectivity index (χ2n) is 5.80. The quantitative estimate of drug-likeness (QED) is 0.694. The van der Waals surface area contributed by atoms with Crippen LogP contribution in [0.5, 0.6) is 0 Å². The SMILES string of the molecule is Cc1ccc2c(c1)nc(N)c1ncc(N3CCCC3)cc12. The highest BCUT2D eigenvalue weighted by molar-refractivity contribution is 6.09. The highest BCUT2D eigenvalue weighted by Crippen LogP contribution is 2.30. The van der Waals surface area contributed by atoms with E-state index in [1.165, 1.54) is 24.1 Å². The fourth-order valence-electron chi connectivity index (χ4n) is 3.16. The number of benzene rings is 1. The summed E-state index contributed by atoms with van der Waals surface area (Å²) in [7, 11) is 0. The topological polar surface area (TPSA) is 55.0 Å². The van der Waals surface area contributed by atoms with Crippen LogP contribution in [-0.2, 0) is 0 Å². The minimum absolute atomic E-state index is 0.510. The minimum atomic E-state index is 0.510. The molecule has 4 rings (SSSR count). The van der Waals surface area contributed by atoms with E-state index in [0.717, 1.165) is 34.9 Å². The number of rotatable bonds is 1. The van der Waals surface area contributed by atoms with E-state index in [2.05, 4.69) is 46.1 Å². The van der Waals surface area contributed by atoms with Gasteiger partial charge >= 0.3 is 0 Å². The molecule has 21 heavy (non-hydrogen) atoms. The van der Waals surface area contributed by atoms with E-state index in [1.54, 1.807) is 0 Å². The first-order chi connectivity index (χ1) is 10.2. The number of fused-ring (bicyclic) bond motifs is 3. The molecule has 0 bridgehead atoms. The van der Waals surface area contributed by atoms with Gasteiger partial charge in [0.1, 0.15) is 5.52 Å². The maximum atomic E-state index is 6.09. The highest BCUT2D eigenvalue weighted by Gasteiger charge is 2.15. The van der Waals surface area contributed by atoms with Crippen molar-refractivity contribution >= 4 is 33.3 Å². The normalized spacial score (nSPS) is 15.2. The molecule has 106 valence electrons. The van der Waals surface area contributed by atoms with Gasteiger partial charge < -0.3 is 10.6 Å². The van der Waals surface area contributed by atoms with Crippen molar-refractivity contribution in [3.8, 4) is 0 Å². The molecule has 0 radical (unpaired) electrons. The van der Waals surface area contributed by atoms with Crippen LogP contribution in [0.2, 0.25) is 0 Å². The summed E-state index contributed by atoms with van der Waals surface area (Å²) in [4.78, 5) is 11.5. The maximum Gasteiger partial charge on any atom is 0.150 e. The summed E-state index contributed by atoms with van der Waals surface area (Å²) in [5.41, 5.74) is 10.2. The van der Waals surface area contributed by atoms with Crippen LogP contribution in [0.1, 0.15) is 18.4 Å². The second-order valence-corrected chi connectivity index (χ2v) is 5.80. The van der Waals surface area contributed by atoms with Crippen LogP contribution in [0.15, 0.2) is 30.5 Å². The van der Waals surface area contributed by atoms with Gasteiger partial charge in [0, 0.05) is 23.9 Å². The number of pyridine rings is 2. The molecule has 3 heterocycles. The molecular weight excluding hydrogens is 260 g/mol. The predicted molar refractivity (Wildman–Crippen MR) is 87.6 cm³/mol. The molecule has 1 aliphatic heterocycles. The molecule has 0 atom stereocenters. The van der Waals surface area contributed by atoms with Gasteiger partial charge in [-0.1, -0.05) is 12.1 Å². The molecule has 4 heteroatoms.